The fraction of sp³-hybridized carbons (Fsp3) is 0.304. The van der Waals surface area contributed by atoms with Crippen molar-refractivity contribution < 1.29 is 9.21 Å². The molecule has 4 rings (SSSR count). The molecule has 1 aromatic carbocycles. The summed E-state index contributed by atoms with van der Waals surface area (Å²) in [5.74, 6) is 2.48. The van der Waals surface area contributed by atoms with Crippen LogP contribution in [0.15, 0.2) is 57.6 Å². The summed E-state index contributed by atoms with van der Waals surface area (Å²) in [5, 5.41) is 15.3. The summed E-state index contributed by atoms with van der Waals surface area (Å²) < 4.78 is 7.62. The second-order valence-corrected chi connectivity index (χ2v) is 9.73. The van der Waals surface area contributed by atoms with Crippen molar-refractivity contribution >= 4 is 34.7 Å². The molecule has 32 heavy (non-hydrogen) atoms. The van der Waals surface area contributed by atoms with Crippen molar-refractivity contribution in [2.24, 2.45) is 5.92 Å². The van der Waals surface area contributed by atoms with Crippen molar-refractivity contribution in [3.8, 4) is 11.6 Å². The lowest BCUT2D eigenvalue weighted by atomic mass is 10.2. The zero-order chi connectivity index (χ0) is 22.5. The SMILES string of the molecule is Cc1ccccc1NC(=O)Cc1nc(CSc2nnc(-c3ccco3)n2CC(C)C)cs1. The van der Waals surface area contributed by atoms with Gasteiger partial charge in [-0.1, -0.05) is 43.8 Å². The fourth-order valence-electron chi connectivity index (χ4n) is 3.19. The molecule has 3 aromatic heterocycles. The smallest absolute Gasteiger partial charge is 0.231 e. The third-order valence-electron chi connectivity index (χ3n) is 4.69. The van der Waals surface area contributed by atoms with E-state index in [1.807, 2.05) is 48.7 Å². The quantitative estimate of drug-likeness (QED) is 0.330. The first-order valence-corrected chi connectivity index (χ1v) is 12.2. The molecular formula is C23H25N5O2S2. The maximum absolute atomic E-state index is 12.4. The van der Waals surface area contributed by atoms with E-state index >= 15 is 0 Å². The van der Waals surface area contributed by atoms with Gasteiger partial charge in [-0.2, -0.15) is 0 Å². The van der Waals surface area contributed by atoms with E-state index in [4.69, 9.17) is 4.42 Å². The van der Waals surface area contributed by atoms with E-state index in [0.717, 1.165) is 39.5 Å². The lowest BCUT2D eigenvalue weighted by Crippen LogP contribution is -2.15. The fourth-order valence-corrected chi connectivity index (χ4v) is 4.93. The van der Waals surface area contributed by atoms with Gasteiger partial charge in [0.2, 0.25) is 5.91 Å². The number of hydrogen-bond donors (Lipinski definition) is 1. The standard InChI is InChI=1S/C23H25N5O2S2/c1-15(2)12-28-22(19-9-6-10-30-19)26-27-23(28)32-14-17-13-31-21(24-17)11-20(29)25-18-8-5-4-7-16(18)3/h4-10,13,15H,11-12,14H2,1-3H3,(H,25,29). The number of nitrogens with zero attached hydrogens (tertiary/aromatic N) is 4. The molecule has 4 aromatic rings. The molecule has 1 amide bonds. The molecule has 9 heteroatoms. The molecule has 0 radical (unpaired) electrons. The number of aromatic nitrogens is 4. The largest absolute Gasteiger partial charge is 0.461 e. The molecule has 0 saturated carbocycles. The van der Waals surface area contributed by atoms with E-state index in [9.17, 15) is 4.79 Å². The topological polar surface area (TPSA) is 85.8 Å². The normalized spacial score (nSPS) is 11.2. The van der Waals surface area contributed by atoms with Crippen LogP contribution in [-0.4, -0.2) is 25.7 Å². The lowest BCUT2D eigenvalue weighted by molar-refractivity contribution is -0.115. The average molecular weight is 468 g/mol. The number of carbonyl (C=O) groups excluding carboxylic acids is 1. The van der Waals surface area contributed by atoms with Crippen LogP contribution in [0.3, 0.4) is 0 Å². The Hall–Kier alpha value is -2.91. The second kappa shape index (κ2) is 10.1. The van der Waals surface area contributed by atoms with Gasteiger partial charge in [-0.15, -0.1) is 21.5 Å². The number of thiazole rings is 1. The first-order valence-electron chi connectivity index (χ1n) is 10.4. The van der Waals surface area contributed by atoms with Crippen LogP contribution >= 0.6 is 23.1 Å². The van der Waals surface area contributed by atoms with Crippen LogP contribution in [0.1, 0.15) is 30.1 Å². The Bertz CT molecular complexity index is 1180. The van der Waals surface area contributed by atoms with E-state index in [1.165, 1.54) is 11.3 Å². The highest BCUT2D eigenvalue weighted by Gasteiger charge is 2.18. The number of furan rings is 1. The molecule has 0 unspecified atom stereocenters. The van der Waals surface area contributed by atoms with Gasteiger partial charge in [-0.25, -0.2) is 4.98 Å². The van der Waals surface area contributed by atoms with Crippen LogP contribution in [0, 0.1) is 12.8 Å². The Balaban J connectivity index is 1.39. The van der Waals surface area contributed by atoms with Crippen molar-refractivity contribution in [1.29, 1.82) is 0 Å². The van der Waals surface area contributed by atoms with Gasteiger partial charge in [-0.05, 0) is 36.6 Å². The van der Waals surface area contributed by atoms with Crippen molar-refractivity contribution in [2.75, 3.05) is 5.32 Å². The summed E-state index contributed by atoms with van der Waals surface area (Å²) in [5.41, 5.74) is 2.80. The number of carbonyl (C=O) groups is 1. The van der Waals surface area contributed by atoms with E-state index < -0.39 is 0 Å². The van der Waals surface area contributed by atoms with Crippen molar-refractivity contribution in [1.82, 2.24) is 19.7 Å². The number of benzene rings is 1. The Kier molecular flexibility index (Phi) is 7.06. The number of aryl methyl sites for hydroxylation is 1. The molecule has 0 fully saturated rings. The maximum Gasteiger partial charge on any atom is 0.231 e. The highest BCUT2D eigenvalue weighted by molar-refractivity contribution is 7.98. The van der Waals surface area contributed by atoms with Gasteiger partial charge < -0.3 is 9.73 Å². The van der Waals surface area contributed by atoms with Crippen molar-refractivity contribution in [3.63, 3.8) is 0 Å². The summed E-state index contributed by atoms with van der Waals surface area (Å²) in [6.07, 6.45) is 1.90. The molecule has 7 nitrogen and oxygen atoms in total. The molecule has 0 spiro atoms. The molecule has 0 aliphatic rings. The van der Waals surface area contributed by atoms with Gasteiger partial charge in [0.25, 0.3) is 0 Å². The first-order chi connectivity index (χ1) is 15.5. The molecule has 166 valence electrons. The van der Waals surface area contributed by atoms with Crippen LogP contribution in [0.5, 0.6) is 0 Å². The number of para-hydroxylation sites is 1. The van der Waals surface area contributed by atoms with E-state index in [-0.39, 0.29) is 12.3 Å². The van der Waals surface area contributed by atoms with E-state index in [2.05, 4.69) is 38.9 Å². The summed E-state index contributed by atoms with van der Waals surface area (Å²) >= 11 is 3.09. The number of hydrogen-bond acceptors (Lipinski definition) is 7. The van der Waals surface area contributed by atoms with Gasteiger partial charge in [0.1, 0.15) is 5.01 Å². The second-order valence-electron chi connectivity index (χ2n) is 7.85. The molecule has 0 saturated heterocycles. The molecule has 0 aliphatic carbocycles. The number of anilines is 1. The molecule has 0 aliphatic heterocycles. The monoisotopic (exact) mass is 467 g/mol. The number of thioether (sulfide) groups is 1. The van der Waals surface area contributed by atoms with Gasteiger partial charge in [0, 0.05) is 23.4 Å². The number of rotatable bonds is 9. The summed E-state index contributed by atoms with van der Waals surface area (Å²) in [6, 6.07) is 11.5. The predicted molar refractivity (Wildman–Crippen MR) is 128 cm³/mol. The van der Waals surface area contributed by atoms with Gasteiger partial charge >= 0.3 is 0 Å². The Morgan fingerprint density at radius 3 is 2.81 bits per heavy atom. The van der Waals surface area contributed by atoms with E-state index in [1.54, 1.807) is 18.0 Å². The van der Waals surface area contributed by atoms with Crippen LogP contribution in [0.2, 0.25) is 0 Å². The molecule has 1 N–H and O–H groups in total. The highest BCUT2D eigenvalue weighted by Crippen LogP contribution is 2.28. The Morgan fingerprint density at radius 2 is 2.06 bits per heavy atom. The average Bonchev–Trinajstić information content (AvgIpc) is 3.49. The van der Waals surface area contributed by atoms with Crippen LogP contribution in [0.4, 0.5) is 5.69 Å². The van der Waals surface area contributed by atoms with Crippen LogP contribution in [0.25, 0.3) is 11.6 Å². The zero-order valence-corrected chi connectivity index (χ0v) is 19.9. The molecule has 3 heterocycles. The Morgan fingerprint density at radius 1 is 1.22 bits per heavy atom. The predicted octanol–water partition coefficient (Wildman–Crippen LogP) is 5.43. The van der Waals surface area contributed by atoms with Crippen LogP contribution in [-0.2, 0) is 23.5 Å². The third-order valence-corrected chi connectivity index (χ3v) is 6.58. The van der Waals surface area contributed by atoms with Gasteiger partial charge in [-0.3, -0.25) is 9.36 Å². The third kappa shape index (κ3) is 5.46. The summed E-state index contributed by atoms with van der Waals surface area (Å²) in [6.45, 7) is 7.10. The zero-order valence-electron chi connectivity index (χ0n) is 18.2. The first kappa shape index (κ1) is 22.3. The minimum Gasteiger partial charge on any atom is -0.461 e. The highest BCUT2D eigenvalue weighted by atomic mass is 32.2. The summed E-state index contributed by atoms with van der Waals surface area (Å²) in [4.78, 5) is 17.0. The molecule has 0 atom stereocenters. The lowest BCUT2D eigenvalue weighted by Gasteiger charge is -2.11. The van der Waals surface area contributed by atoms with E-state index in [0.29, 0.717) is 17.4 Å². The molecular weight excluding hydrogens is 442 g/mol. The number of amides is 1. The van der Waals surface area contributed by atoms with Crippen molar-refractivity contribution in [2.45, 2.75) is 44.6 Å². The number of nitrogens with one attached hydrogen (secondary N) is 1. The van der Waals surface area contributed by atoms with Crippen molar-refractivity contribution in [3.05, 3.63) is 64.3 Å². The van der Waals surface area contributed by atoms with Gasteiger partial charge in [0.05, 0.1) is 18.4 Å². The minimum absolute atomic E-state index is 0.0624. The maximum atomic E-state index is 12.4. The molecule has 0 bridgehead atoms. The summed E-state index contributed by atoms with van der Waals surface area (Å²) in [7, 11) is 0. The van der Waals surface area contributed by atoms with Crippen LogP contribution < -0.4 is 5.32 Å². The minimum atomic E-state index is -0.0624. The Labute approximate surface area is 195 Å². The van der Waals surface area contributed by atoms with Gasteiger partial charge in [0.15, 0.2) is 16.7 Å².